The van der Waals surface area contributed by atoms with Crippen molar-refractivity contribution < 1.29 is 14.3 Å². The second kappa shape index (κ2) is 9.57. The number of aryl methyl sites for hydroxylation is 2. The zero-order chi connectivity index (χ0) is 22.5. The average molecular weight is 452 g/mol. The maximum absolute atomic E-state index is 12.5. The maximum atomic E-state index is 12.5. The number of benzene rings is 2. The van der Waals surface area contributed by atoms with Gasteiger partial charge in [0.05, 0.1) is 18.1 Å². The van der Waals surface area contributed by atoms with Crippen molar-refractivity contribution in [2.75, 3.05) is 5.32 Å². The number of rotatable bonds is 8. The Morgan fingerprint density at radius 2 is 1.81 bits per heavy atom. The Morgan fingerprint density at radius 3 is 2.59 bits per heavy atom. The summed E-state index contributed by atoms with van der Waals surface area (Å²) in [5.74, 6) is 1.11. The van der Waals surface area contributed by atoms with E-state index in [-0.39, 0.29) is 25.1 Å². The molecule has 9 heteroatoms. The maximum Gasteiger partial charge on any atom is 0.276 e. The molecule has 0 saturated carbocycles. The smallest absolute Gasteiger partial charge is 0.276 e. The van der Waals surface area contributed by atoms with Gasteiger partial charge < -0.3 is 14.8 Å². The Labute approximate surface area is 190 Å². The molecule has 0 unspecified atom stereocenters. The first kappa shape index (κ1) is 21.5. The third kappa shape index (κ3) is 5.47. The van der Waals surface area contributed by atoms with E-state index in [9.17, 15) is 4.79 Å². The van der Waals surface area contributed by atoms with Crippen LogP contribution in [-0.2, 0) is 13.5 Å². The Hall–Kier alpha value is -3.78. The number of aromatic nitrogens is 4. The highest BCUT2D eigenvalue weighted by Gasteiger charge is 2.11. The van der Waals surface area contributed by atoms with Crippen molar-refractivity contribution in [2.45, 2.75) is 27.3 Å². The predicted octanol–water partition coefficient (Wildman–Crippen LogP) is 4.68. The lowest BCUT2D eigenvalue weighted by Gasteiger charge is -2.09. The number of ether oxygens (including phenoxy) is 2. The van der Waals surface area contributed by atoms with Crippen molar-refractivity contribution in [3.63, 3.8) is 0 Å². The molecule has 8 nitrogen and oxygen atoms in total. The van der Waals surface area contributed by atoms with Crippen LogP contribution >= 0.6 is 11.6 Å². The standard InChI is InChI=1S/C23H22ClN5O3/c1-16-3-8-22(17(2)11-16)32-15-29-13-19(12-25-29)26-23(30)21-9-10-28(27-21)14-31-20-6-4-18(24)5-7-20/h3-13H,14-15H2,1-2H3,(H,26,30). The second-order valence-electron chi connectivity index (χ2n) is 7.23. The zero-order valence-electron chi connectivity index (χ0n) is 17.7. The number of nitrogens with one attached hydrogen (secondary N) is 1. The van der Waals surface area contributed by atoms with Crippen LogP contribution in [0.4, 0.5) is 5.69 Å². The molecule has 0 bridgehead atoms. The van der Waals surface area contributed by atoms with Gasteiger partial charge in [0.1, 0.15) is 11.5 Å². The molecular formula is C23H22ClN5O3. The van der Waals surface area contributed by atoms with Gasteiger partial charge in [0.15, 0.2) is 19.2 Å². The molecule has 2 heterocycles. The van der Waals surface area contributed by atoms with Gasteiger partial charge in [-0.1, -0.05) is 29.3 Å². The fraction of sp³-hybridized carbons (Fsp3) is 0.174. The van der Waals surface area contributed by atoms with E-state index >= 15 is 0 Å². The number of hydrogen-bond donors (Lipinski definition) is 1. The molecular weight excluding hydrogens is 430 g/mol. The largest absolute Gasteiger partial charge is 0.471 e. The van der Waals surface area contributed by atoms with Crippen molar-refractivity contribution in [1.82, 2.24) is 19.6 Å². The number of anilines is 1. The third-order valence-electron chi connectivity index (χ3n) is 4.62. The van der Waals surface area contributed by atoms with E-state index in [0.717, 1.165) is 11.3 Å². The van der Waals surface area contributed by atoms with Crippen LogP contribution in [0.5, 0.6) is 11.5 Å². The molecule has 2 aromatic carbocycles. The van der Waals surface area contributed by atoms with Gasteiger partial charge in [-0.15, -0.1) is 0 Å². The van der Waals surface area contributed by atoms with Gasteiger partial charge >= 0.3 is 0 Å². The first-order valence-electron chi connectivity index (χ1n) is 9.92. The molecule has 0 spiro atoms. The quantitative estimate of drug-likeness (QED) is 0.420. The van der Waals surface area contributed by atoms with E-state index < -0.39 is 0 Å². The number of hydrogen-bond acceptors (Lipinski definition) is 5. The zero-order valence-corrected chi connectivity index (χ0v) is 18.4. The van der Waals surface area contributed by atoms with Crippen LogP contribution in [0.3, 0.4) is 0 Å². The van der Waals surface area contributed by atoms with Crippen LogP contribution in [0.15, 0.2) is 67.1 Å². The van der Waals surface area contributed by atoms with Crippen LogP contribution in [0, 0.1) is 13.8 Å². The topological polar surface area (TPSA) is 83.2 Å². The van der Waals surface area contributed by atoms with Gasteiger partial charge in [-0.3, -0.25) is 4.79 Å². The number of carbonyl (C=O) groups is 1. The van der Waals surface area contributed by atoms with E-state index in [1.54, 1.807) is 53.6 Å². The highest BCUT2D eigenvalue weighted by atomic mass is 35.5. The summed E-state index contributed by atoms with van der Waals surface area (Å²) in [5, 5.41) is 11.9. The number of amides is 1. The first-order chi connectivity index (χ1) is 15.5. The SMILES string of the molecule is Cc1ccc(OCn2cc(NC(=O)c3ccn(COc4ccc(Cl)cc4)n3)cn2)c(C)c1. The molecule has 0 fully saturated rings. The van der Waals surface area contributed by atoms with Crippen LogP contribution < -0.4 is 14.8 Å². The molecule has 1 amide bonds. The van der Waals surface area contributed by atoms with E-state index in [1.165, 1.54) is 10.2 Å². The van der Waals surface area contributed by atoms with Crippen molar-refractivity contribution in [2.24, 2.45) is 0 Å². The van der Waals surface area contributed by atoms with Crippen molar-refractivity contribution in [3.05, 3.63) is 89.0 Å². The number of halogens is 1. The highest BCUT2D eigenvalue weighted by Crippen LogP contribution is 2.19. The molecule has 164 valence electrons. The van der Waals surface area contributed by atoms with E-state index in [0.29, 0.717) is 16.5 Å². The predicted molar refractivity (Wildman–Crippen MR) is 121 cm³/mol. The molecule has 0 aliphatic rings. The van der Waals surface area contributed by atoms with Crippen LogP contribution in [0.2, 0.25) is 5.02 Å². The fourth-order valence-electron chi connectivity index (χ4n) is 3.02. The van der Waals surface area contributed by atoms with Crippen LogP contribution in [0.25, 0.3) is 0 Å². The normalized spacial score (nSPS) is 10.7. The molecule has 0 aliphatic carbocycles. The summed E-state index contributed by atoms with van der Waals surface area (Å²) in [6.07, 6.45) is 4.93. The molecule has 4 aromatic rings. The average Bonchev–Trinajstić information content (AvgIpc) is 3.42. The van der Waals surface area contributed by atoms with Crippen molar-refractivity contribution >= 4 is 23.2 Å². The lowest BCUT2D eigenvalue weighted by molar-refractivity contribution is 0.102. The van der Waals surface area contributed by atoms with Gasteiger partial charge in [-0.25, -0.2) is 9.36 Å². The van der Waals surface area contributed by atoms with Crippen molar-refractivity contribution in [1.29, 1.82) is 0 Å². The van der Waals surface area contributed by atoms with Gasteiger partial charge in [-0.05, 0) is 55.8 Å². The van der Waals surface area contributed by atoms with E-state index in [4.69, 9.17) is 21.1 Å². The number of carbonyl (C=O) groups excluding carboxylic acids is 1. The van der Waals surface area contributed by atoms with Crippen LogP contribution in [0.1, 0.15) is 21.6 Å². The Kier molecular flexibility index (Phi) is 6.42. The van der Waals surface area contributed by atoms with E-state index in [2.05, 4.69) is 21.6 Å². The molecule has 0 aliphatic heterocycles. The minimum atomic E-state index is -0.343. The Morgan fingerprint density at radius 1 is 1.03 bits per heavy atom. The first-order valence-corrected chi connectivity index (χ1v) is 10.3. The monoisotopic (exact) mass is 451 g/mol. The lowest BCUT2D eigenvalue weighted by atomic mass is 10.1. The van der Waals surface area contributed by atoms with Crippen LogP contribution in [-0.4, -0.2) is 25.5 Å². The summed E-state index contributed by atoms with van der Waals surface area (Å²) in [7, 11) is 0. The summed E-state index contributed by atoms with van der Waals surface area (Å²) in [5.41, 5.74) is 3.05. The lowest BCUT2D eigenvalue weighted by Crippen LogP contribution is -2.14. The molecule has 0 radical (unpaired) electrons. The fourth-order valence-corrected chi connectivity index (χ4v) is 3.14. The molecule has 0 saturated heterocycles. The summed E-state index contributed by atoms with van der Waals surface area (Å²) in [6, 6.07) is 14.6. The van der Waals surface area contributed by atoms with E-state index in [1.807, 2.05) is 26.0 Å². The minimum Gasteiger partial charge on any atom is -0.471 e. The molecule has 0 atom stereocenters. The van der Waals surface area contributed by atoms with Crippen molar-refractivity contribution in [3.8, 4) is 11.5 Å². The summed E-state index contributed by atoms with van der Waals surface area (Å²) >= 11 is 5.86. The van der Waals surface area contributed by atoms with Gasteiger partial charge in [0, 0.05) is 11.2 Å². The third-order valence-corrected chi connectivity index (χ3v) is 4.88. The molecule has 32 heavy (non-hydrogen) atoms. The summed E-state index contributed by atoms with van der Waals surface area (Å²) < 4.78 is 14.6. The molecule has 2 aromatic heterocycles. The summed E-state index contributed by atoms with van der Waals surface area (Å²) in [6.45, 7) is 4.44. The Bertz CT molecular complexity index is 1220. The van der Waals surface area contributed by atoms with Gasteiger partial charge in [-0.2, -0.15) is 10.2 Å². The molecule has 4 rings (SSSR count). The Balaban J connectivity index is 1.29. The van der Waals surface area contributed by atoms with Gasteiger partial charge in [0.2, 0.25) is 0 Å². The molecule has 1 N–H and O–H groups in total. The minimum absolute atomic E-state index is 0.169. The summed E-state index contributed by atoms with van der Waals surface area (Å²) in [4.78, 5) is 12.5. The highest BCUT2D eigenvalue weighted by molar-refractivity contribution is 6.30. The van der Waals surface area contributed by atoms with Gasteiger partial charge in [0.25, 0.3) is 5.91 Å². The number of nitrogens with zero attached hydrogens (tertiary/aromatic N) is 4. The second-order valence-corrected chi connectivity index (χ2v) is 7.67.